The molecule has 0 fully saturated rings. The Morgan fingerprint density at radius 3 is 2.45 bits per heavy atom. The Kier molecular flexibility index (Phi) is 6.37. The highest BCUT2D eigenvalue weighted by Gasteiger charge is 2.18. The van der Waals surface area contributed by atoms with E-state index >= 15 is 0 Å². The molecule has 0 unspecified atom stereocenters. The second-order valence-corrected chi connectivity index (χ2v) is 8.13. The van der Waals surface area contributed by atoms with E-state index in [0.29, 0.717) is 5.95 Å². The Bertz CT molecular complexity index is 963. The van der Waals surface area contributed by atoms with Gasteiger partial charge in [-0.2, -0.15) is 4.98 Å². The molecule has 2 N–H and O–H groups in total. The Morgan fingerprint density at radius 1 is 0.966 bits per heavy atom. The van der Waals surface area contributed by atoms with Gasteiger partial charge in [0, 0.05) is 24.0 Å². The van der Waals surface area contributed by atoms with Crippen LogP contribution in [0.5, 0.6) is 5.75 Å². The van der Waals surface area contributed by atoms with Crippen molar-refractivity contribution in [3.8, 4) is 5.75 Å². The number of hydrogen-bond donors (Lipinski definition) is 2. The van der Waals surface area contributed by atoms with Gasteiger partial charge in [-0.25, -0.2) is 4.98 Å². The average molecular weight is 391 g/mol. The van der Waals surface area contributed by atoms with Gasteiger partial charge in [0.1, 0.15) is 11.6 Å². The number of hydrogen-bond acceptors (Lipinski definition) is 5. The molecule has 0 atom stereocenters. The molecule has 0 aliphatic carbocycles. The van der Waals surface area contributed by atoms with Gasteiger partial charge in [0.25, 0.3) is 0 Å². The van der Waals surface area contributed by atoms with E-state index in [0.717, 1.165) is 35.9 Å². The first kappa shape index (κ1) is 20.6. The molecule has 0 radical (unpaired) electrons. The standard InChI is InChI=1S/C24H30N4O/c1-17-16-22(25-15-14-18-10-6-9-13-21(18)29-5)28-23(26-17)27-20-12-8-7-11-19(20)24(2,3)4/h6-13,16H,14-15H2,1-5H3,(H2,25,26,27,28). The van der Waals surface area contributed by atoms with Crippen molar-refractivity contribution < 1.29 is 4.74 Å². The van der Waals surface area contributed by atoms with Gasteiger partial charge in [-0.15, -0.1) is 0 Å². The van der Waals surface area contributed by atoms with Crippen LogP contribution in [0.3, 0.4) is 0 Å². The molecular weight excluding hydrogens is 360 g/mol. The molecular formula is C24H30N4O. The van der Waals surface area contributed by atoms with Crippen molar-refractivity contribution in [2.45, 2.75) is 39.5 Å². The molecule has 0 aliphatic heterocycles. The Morgan fingerprint density at radius 2 is 1.69 bits per heavy atom. The summed E-state index contributed by atoms with van der Waals surface area (Å²) in [6.07, 6.45) is 0.850. The molecule has 0 aliphatic rings. The van der Waals surface area contributed by atoms with Gasteiger partial charge in [0.05, 0.1) is 7.11 Å². The van der Waals surface area contributed by atoms with Crippen LogP contribution in [0.2, 0.25) is 0 Å². The molecule has 5 nitrogen and oxygen atoms in total. The quantitative estimate of drug-likeness (QED) is 0.559. The number of rotatable bonds is 7. The zero-order valence-electron chi connectivity index (χ0n) is 17.9. The van der Waals surface area contributed by atoms with Gasteiger partial charge in [0.15, 0.2) is 0 Å². The number of benzene rings is 2. The maximum atomic E-state index is 5.43. The monoisotopic (exact) mass is 390 g/mol. The van der Waals surface area contributed by atoms with Gasteiger partial charge in [-0.1, -0.05) is 57.2 Å². The summed E-state index contributed by atoms with van der Waals surface area (Å²) in [5.74, 6) is 2.32. The molecule has 152 valence electrons. The van der Waals surface area contributed by atoms with Crippen LogP contribution in [0.1, 0.15) is 37.6 Å². The highest BCUT2D eigenvalue weighted by Crippen LogP contribution is 2.30. The molecule has 5 heteroatoms. The second kappa shape index (κ2) is 8.95. The summed E-state index contributed by atoms with van der Waals surface area (Å²) in [4.78, 5) is 9.22. The van der Waals surface area contributed by atoms with E-state index < -0.39 is 0 Å². The lowest BCUT2D eigenvalue weighted by Crippen LogP contribution is -2.14. The Balaban J connectivity index is 1.72. The molecule has 29 heavy (non-hydrogen) atoms. The van der Waals surface area contributed by atoms with E-state index in [1.807, 2.05) is 37.3 Å². The summed E-state index contributed by atoms with van der Waals surface area (Å²) in [5.41, 5.74) is 4.38. The summed E-state index contributed by atoms with van der Waals surface area (Å²) in [6.45, 7) is 9.35. The fourth-order valence-electron chi connectivity index (χ4n) is 3.32. The molecule has 0 saturated heterocycles. The fourth-order valence-corrected chi connectivity index (χ4v) is 3.32. The number of methoxy groups -OCH3 is 1. The van der Waals surface area contributed by atoms with Crippen molar-refractivity contribution >= 4 is 17.5 Å². The van der Waals surface area contributed by atoms with E-state index in [4.69, 9.17) is 4.74 Å². The number of nitrogens with one attached hydrogen (secondary N) is 2. The van der Waals surface area contributed by atoms with E-state index in [9.17, 15) is 0 Å². The Labute approximate surface area is 173 Å². The molecule has 3 rings (SSSR count). The second-order valence-electron chi connectivity index (χ2n) is 8.13. The molecule has 1 heterocycles. The first-order valence-electron chi connectivity index (χ1n) is 9.95. The third kappa shape index (κ3) is 5.47. The third-order valence-electron chi connectivity index (χ3n) is 4.73. The summed E-state index contributed by atoms with van der Waals surface area (Å²) in [7, 11) is 1.70. The molecule has 0 amide bonds. The van der Waals surface area contributed by atoms with Gasteiger partial charge < -0.3 is 15.4 Å². The summed E-state index contributed by atoms with van der Waals surface area (Å²) in [6, 6.07) is 18.3. The van der Waals surface area contributed by atoms with Crippen molar-refractivity contribution in [2.24, 2.45) is 0 Å². The van der Waals surface area contributed by atoms with E-state index in [2.05, 4.69) is 65.6 Å². The topological polar surface area (TPSA) is 59.1 Å². The van der Waals surface area contributed by atoms with Crippen LogP contribution < -0.4 is 15.4 Å². The van der Waals surface area contributed by atoms with Crippen LogP contribution in [-0.4, -0.2) is 23.6 Å². The molecule has 0 spiro atoms. The number of aryl methyl sites for hydroxylation is 1. The zero-order chi connectivity index (χ0) is 20.9. The summed E-state index contributed by atoms with van der Waals surface area (Å²) < 4.78 is 5.43. The van der Waals surface area contributed by atoms with Gasteiger partial charge in [-0.3, -0.25) is 0 Å². The highest BCUT2D eigenvalue weighted by atomic mass is 16.5. The molecule has 0 bridgehead atoms. The average Bonchev–Trinajstić information content (AvgIpc) is 2.67. The number of aromatic nitrogens is 2. The lowest BCUT2D eigenvalue weighted by Gasteiger charge is -2.23. The highest BCUT2D eigenvalue weighted by molar-refractivity contribution is 5.61. The summed E-state index contributed by atoms with van der Waals surface area (Å²) in [5, 5.41) is 6.81. The normalized spacial score (nSPS) is 11.2. The van der Waals surface area contributed by atoms with E-state index in [1.54, 1.807) is 7.11 Å². The van der Waals surface area contributed by atoms with Crippen molar-refractivity contribution in [1.29, 1.82) is 0 Å². The zero-order valence-corrected chi connectivity index (χ0v) is 17.9. The minimum atomic E-state index is 0.0310. The first-order chi connectivity index (χ1) is 13.9. The summed E-state index contributed by atoms with van der Waals surface area (Å²) >= 11 is 0. The SMILES string of the molecule is COc1ccccc1CCNc1cc(C)nc(Nc2ccccc2C(C)(C)C)n1. The maximum Gasteiger partial charge on any atom is 0.229 e. The third-order valence-corrected chi connectivity index (χ3v) is 4.73. The van der Waals surface area contributed by atoms with E-state index in [-0.39, 0.29) is 5.41 Å². The van der Waals surface area contributed by atoms with Crippen LogP contribution in [0.4, 0.5) is 17.5 Å². The van der Waals surface area contributed by atoms with Crippen LogP contribution in [-0.2, 0) is 11.8 Å². The van der Waals surface area contributed by atoms with Gasteiger partial charge in [0.2, 0.25) is 5.95 Å². The van der Waals surface area contributed by atoms with Gasteiger partial charge in [-0.05, 0) is 42.0 Å². The van der Waals surface area contributed by atoms with Crippen molar-refractivity contribution in [3.63, 3.8) is 0 Å². The largest absolute Gasteiger partial charge is 0.496 e. The molecule has 2 aromatic carbocycles. The first-order valence-corrected chi connectivity index (χ1v) is 9.95. The minimum absolute atomic E-state index is 0.0310. The van der Waals surface area contributed by atoms with Crippen molar-refractivity contribution in [1.82, 2.24) is 9.97 Å². The number of anilines is 3. The fraction of sp³-hybridized carbons (Fsp3) is 0.333. The minimum Gasteiger partial charge on any atom is -0.496 e. The molecule has 3 aromatic rings. The van der Waals surface area contributed by atoms with Gasteiger partial charge >= 0.3 is 0 Å². The predicted molar refractivity (Wildman–Crippen MR) is 120 cm³/mol. The smallest absolute Gasteiger partial charge is 0.229 e. The lowest BCUT2D eigenvalue weighted by atomic mass is 9.86. The van der Waals surface area contributed by atoms with E-state index in [1.165, 1.54) is 11.1 Å². The Hall–Kier alpha value is -3.08. The van der Waals surface area contributed by atoms with Crippen LogP contribution in [0.25, 0.3) is 0 Å². The molecule has 1 aromatic heterocycles. The number of para-hydroxylation sites is 2. The number of nitrogens with zero attached hydrogens (tertiary/aromatic N) is 2. The van der Waals surface area contributed by atoms with Crippen molar-refractivity contribution in [3.05, 3.63) is 71.4 Å². The maximum absolute atomic E-state index is 5.43. The number of ether oxygens (including phenoxy) is 1. The van der Waals surface area contributed by atoms with Crippen LogP contribution in [0.15, 0.2) is 54.6 Å². The van der Waals surface area contributed by atoms with Crippen molar-refractivity contribution in [2.75, 3.05) is 24.3 Å². The molecule has 0 saturated carbocycles. The predicted octanol–water partition coefficient (Wildman–Crippen LogP) is 5.49. The van der Waals surface area contributed by atoms with Crippen LogP contribution in [0, 0.1) is 6.92 Å². The lowest BCUT2D eigenvalue weighted by molar-refractivity contribution is 0.410. The van der Waals surface area contributed by atoms with Crippen LogP contribution >= 0.6 is 0 Å².